The molecule has 0 aliphatic carbocycles. The van der Waals surface area contributed by atoms with Crippen LogP contribution in [-0.4, -0.2) is 40.4 Å². The molecule has 5 nitrogen and oxygen atoms in total. The third kappa shape index (κ3) is 2.48. The van der Waals surface area contributed by atoms with Crippen molar-refractivity contribution >= 4 is 21.6 Å². The molecule has 1 aromatic heterocycles. The average Bonchev–Trinajstić information content (AvgIpc) is 2.48. The van der Waals surface area contributed by atoms with Gasteiger partial charge in [-0.1, -0.05) is 5.92 Å². The second-order valence-electron chi connectivity index (χ2n) is 5.43. The lowest BCUT2D eigenvalue weighted by Gasteiger charge is -2.45. The van der Waals surface area contributed by atoms with Gasteiger partial charge in [-0.05, 0) is 47.8 Å². The number of rotatable bonds is 3. The van der Waals surface area contributed by atoms with Crippen LogP contribution < -0.4 is 10.9 Å². The van der Waals surface area contributed by atoms with Crippen LogP contribution in [0.4, 0.5) is 5.69 Å². The van der Waals surface area contributed by atoms with E-state index in [1.54, 1.807) is 6.20 Å². The summed E-state index contributed by atoms with van der Waals surface area (Å²) in [5, 5.41) is 7.59. The molecule has 3 aliphatic heterocycles. The van der Waals surface area contributed by atoms with Crippen molar-refractivity contribution < 1.29 is 0 Å². The minimum absolute atomic E-state index is 0.186. The summed E-state index contributed by atoms with van der Waals surface area (Å²) in [7, 11) is 0. The van der Waals surface area contributed by atoms with Crippen LogP contribution in [0.15, 0.2) is 15.5 Å². The first kappa shape index (κ1) is 13.7. The summed E-state index contributed by atoms with van der Waals surface area (Å²) in [4.78, 5) is 14.6. The number of terminal acetylenes is 1. The predicted molar refractivity (Wildman–Crippen MR) is 81.6 cm³/mol. The molecule has 106 valence electrons. The highest BCUT2D eigenvalue weighted by Gasteiger charge is 2.34. The quantitative estimate of drug-likeness (QED) is 0.841. The van der Waals surface area contributed by atoms with Gasteiger partial charge in [0.2, 0.25) is 0 Å². The highest BCUT2D eigenvalue weighted by atomic mass is 79.9. The van der Waals surface area contributed by atoms with Crippen LogP contribution in [0.3, 0.4) is 0 Å². The van der Waals surface area contributed by atoms with Crippen molar-refractivity contribution in [3.05, 3.63) is 21.0 Å². The first-order chi connectivity index (χ1) is 9.69. The highest BCUT2D eigenvalue weighted by Crippen LogP contribution is 2.30. The summed E-state index contributed by atoms with van der Waals surface area (Å²) in [5.74, 6) is 3.12. The van der Waals surface area contributed by atoms with Crippen molar-refractivity contribution in [3.8, 4) is 12.3 Å². The molecule has 4 heterocycles. The predicted octanol–water partition coefficient (Wildman–Crippen LogP) is 1.15. The van der Waals surface area contributed by atoms with Crippen LogP contribution in [0.2, 0.25) is 0 Å². The fourth-order valence-corrected chi connectivity index (χ4v) is 3.51. The van der Waals surface area contributed by atoms with Gasteiger partial charge in [0.1, 0.15) is 11.0 Å². The molecule has 1 atom stereocenters. The number of nitrogens with zero attached hydrogens (tertiary/aromatic N) is 3. The van der Waals surface area contributed by atoms with Crippen LogP contribution in [0.5, 0.6) is 0 Å². The van der Waals surface area contributed by atoms with Crippen molar-refractivity contribution in [1.29, 1.82) is 0 Å². The number of fused-ring (bicyclic) bond motifs is 3. The number of piperidine rings is 3. The van der Waals surface area contributed by atoms with E-state index in [0.717, 1.165) is 12.2 Å². The lowest BCUT2D eigenvalue weighted by atomic mass is 9.84. The topological polar surface area (TPSA) is 50.2 Å². The van der Waals surface area contributed by atoms with Gasteiger partial charge in [0, 0.05) is 12.6 Å². The van der Waals surface area contributed by atoms with Gasteiger partial charge in [0.15, 0.2) is 0 Å². The summed E-state index contributed by atoms with van der Waals surface area (Å²) in [5.41, 5.74) is 0.580. The van der Waals surface area contributed by atoms with Crippen LogP contribution >= 0.6 is 15.9 Å². The van der Waals surface area contributed by atoms with Gasteiger partial charge in [-0.2, -0.15) is 5.10 Å². The van der Waals surface area contributed by atoms with E-state index in [-0.39, 0.29) is 12.1 Å². The smallest absolute Gasteiger partial charge is 0.284 e. The minimum atomic E-state index is -0.186. The Hall–Kier alpha value is -1.32. The van der Waals surface area contributed by atoms with E-state index in [2.05, 4.69) is 37.2 Å². The minimum Gasteiger partial charge on any atom is -0.378 e. The molecule has 1 N–H and O–H groups in total. The summed E-state index contributed by atoms with van der Waals surface area (Å²) < 4.78 is 1.80. The van der Waals surface area contributed by atoms with Crippen LogP contribution in [0.1, 0.15) is 12.8 Å². The summed E-state index contributed by atoms with van der Waals surface area (Å²) in [6.07, 6.45) is 9.37. The zero-order chi connectivity index (χ0) is 14.1. The van der Waals surface area contributed by atoms with E-state index in [0.29, 0.717) is 16.4 Å². The van der Waals surface area contributed by atoms with Crippen molar-refractivity contribution in [2.45, 2.75) is 25.4 Å². The molecule has 3 fully saturated rings. The molecule has 0 radical (unpaired) electrons. The Labute approximate surface area is 126 Å². The van der Waals surface area contributed by atoms with Gasteiger partial charge in [-0.3, -0.25) is 4.79 Å². The van der Waals surface area contributed by atoms with E-state index in [1.165, 1.54) is 30.6 Å². The molecule has 0 amide bonds. The number of hydrogen-bond donors (Lipinski definition) is 1. The van der Waals surface area contributed by atoms with Crippen LogP contribution in [0, 0.1) is 18.3 Å². The Morgan fingerprint density at radius 1 is 1.50 bits per heavy atom. The molecule has 3 saturated heterocycles. The first-order valence-corrected chi connectivity index (χ1v) is 7.66. The Balaban J connectivity index is 1.80. The van der Waals surface area contributed by atoms with Crippen LogP contribution in [0.25, 0.3) is 0 Å². The van der Waals surface area contributed by atoms with Gasteiger partial charge >= 0.3 is 0 Å². The summed E-state index contributed by atoms with van der Waals surface area (Å²) in [6, 6.07) is 0.401. The molecular weight excluding hydrogens is 320 g/mol. The van der Waals surface area contributed by atoms with E-state index in [9.17, 15) is 4.79 Å². The molecule has 0 aromatic carbocycles. The third-order valence-electron chi connectivity index (χ3n) is 4.22. The fraction of sp³-hybridized carbons (Fsp3) is 0.571. The molecule has 1 unspecified atom stereocenters. The largest absolute Gasteiger partial charge is 0.378 e. The average molecular weight is 337 g/mol. The maximum atomic E-state index is 12.1. The number of aromatic nitrogens is 2. The lowest BCUT2D eigenvalue weighted by molar-refractivity contribution is 0.0975. The Bertz CT molecular complexity index is 598. The van der Waals surface area contributed by atoms with Crippen molar-refractivity contribution in [2.24, 2.45) is 5.92 Å². The van der Waals surface area contributed by atoms with Crippen molar-refractivity contribution in [2.75, 3.05) is 25.0 Å². The van der Waals surface area contributed by atoms with E-state index in [4.69, 9.17) is 6.42 Å². The van der Waals surface area contributed by atoms with Gasteiger partial charge < -0.3 is 10.2 Å². The second-order valence-corrected chi connectivity index (χ2v) is 6.22. The van der Waals surface area contributed by atoms with E-state index in [1.807, 2.05) is 0 Å². The second kappa shape index (κ2) is 5.58. The third-order valence-corrected chi connectivity index (χ3v) is 4.99. The number of nitrogens with one attached hydrogen (secondary N) is 1. The van der Waals surface area contributed by atoms with Gasteiger partial charge in [0.25, 0.3) is 5.56 Å². The first-order valence-electron chi connectivity index (χ1n) is 6.87. The monoisotopic (exact) mass is 336 g/mol. The molecule has 0 spiro atoms. The maximum absolute atomic E-state index is 12.1. The van der Waals surface area contributed by atoms with E-state index < -0.39 is 0 Å². The maximum Gasteiger partial charge on any atom is 0.284 e. The van der Waals surface area contributed by atoms with E-state index >= 15 is 0 Å². The summed E-state index contributed by atoms with van der Waals surface area (Å²) in [6.45, 7) is 3.64. The zero-order valence-electron chi connectivity index (χ0n) is 11.2. The molecule has 4 rings (SSSR count). The number of hydrogen-bond acceptors (Lipinski definition) is 4. The Kier molecular flexibility index (Phi) is 3.81. The summed E-state index contributed by atoms with van der Waals surface area (Å²) >= 11 is 3.36. The SMILES string of the molecule is C#CCn1ncc(NC2CN3CCC2CC3)c(Br)c1=O. The fourth-order valence-electron chi connectivity index (χ4n) is 3.09. The Morgan fingerprint density at radius 2 is 2.25 bits per heavy atom. The van der Waals surface area contributed by atoms with Crippen molar-refractivity contribution in [3.63, 3.8) is 0 Å². The molecule has 1 aromatic rings. The van der Waals surface area contributed by atoms with Gasteiger partial charge in [-0.15, -0.1) is 6.42 Å². The molecule has 2 bridgehead atoms. The van der Waals surface area contributed by atoms with Crippen LogP contribution in [-0.2, 0) is 6.54 Å². The molecular formula is C14H17BrN4O. The van der Waals surface area contributed by atoms with Gasteiger partial charge in [-0.25, -0.2) is 4.68 Å². The lowest BCUT2D eigenvalue weighted by Crippen LogP contribution is -2.53. The highest BCUT2D eigenvalue weighted by molar-refractivity contribution is 9.10. The molecule has 6 heteroatoms. The standard InChI is InChI=1S/C14H17BrN4O/c1-2-5-19-14(20)13(15)11(8-16-19)17-12-9-18-6-3-10(12)4-7-18/h1,8,10,12,17H,3-7,9H2. The van der Waals surface area contributed by atoms with Crippen molar-refractivity contribution in [1.82, 2.24) is 14.7 Å². The molecule has 3 aliphatic rings. The number of anilines is 1. The normalized spacial score (nSPS) is 28.1. The molecule has 20 heavy (non-hydrogen) atoms. The number of halogens is 1. The Morgan fingerprint density at radius 3 is 2.85 bits per heavy atom. The molecule has 0 saturated carbocycles. The zero-order valence-corrected chi connectivity index (χ0v) is 12.8. The van der Waals surface area contributed by atoms with Gasteiger partial charge in [0.05, 0.1) is 11.9 Å².